The minimum Gasteiger partial charge on any atom is -0.497 e. The SMILES string of the molecule is CCOC(=O)CCC[Si](C)(C)c1ccc(OC)cc1. The molecule has 1 aromatic carbocycles. The Morgan fingerprint density at radius 3 is 2.37 bits per heavy atom. The number of esters is 1. The molecule has 0 bridgehead atoms. The quantitative estimate of drug-likeness (QED) is 0.569. The number of benzene rings is 1. The Morgan fingerprint density at radius 2 is 1.84 bits per heavy atom. The maximum Gasteiger partial charge on any atom is 0.305 e. The molecule has 0 amide bonds. The van der Waals surface area contributed by atoms with Crippen molar-refractivity contribution < 1.29 is 14.3 Å². The van der Waals surface area contributed by atoms with Crippen LogP contribution in [0.5, 0.6) is 5.75 Å². The van der Waals surface area contributed by atoms with E-state index in [0.29, 0.717) is 13.0 Å². The van der Waals surface area contributed by atoms with Gasteiger partial charge in [-0.25, -0.2) is 0 Å². The summed E-state index contributed by atoms with van der Waals surface area (Å²) in [6, 6.07) is 9.41. The third-order valence-corrected chi connectivity index (χ3v) is 6.86. The lowest BCUT2D eigenvalue weighted by Gasteiger charge is -2.23. The third kappa shape index (κ3) is 5.07. The predicted molar refractivity (Wildman–Crippen MR) is 80.8 cm³/mol. The molecule has 0 radical (unpaired) electrons. The molecule has 0 atom stereocenters. The number of ether oxygens (including phenoxy) is 2. The van der Waals surface area contributed by atoms with Crippen LogP contribution < -0.4 is 9.92 Å². The summed E-state index contributed by atoms with van der Waals surface area (Å²) in [6.45, 7) is 6.98. The molecule has 0 saturated carbocycles. The molecule has 0 aliphatic rings. The van der Waals surface area contributed by atoms with Gasteiger partial charge in [0, 0.05) is 6.42 Å². The number of hydrogen-bond donors (Lipinski definition) is 0. The Morgan fingerprint density at radius 1 is 1.21 bits per heavy atom. The van der Waals surface area contributed by atoms with E-state index in [-0.39, 0.29) is 5.97 Å². The predicted octanol–water partition coefficient (Wildman–Crippen LogP) is 2.95. The van der Waals surface area contributed by atoms with E-state index < -0.39 is 8.07 Å². The zero-order valence-corrected chi connectivity index (χ0v) is 13.4. The summed E-state index contributed by atoms with van der Waals surface area (Å²) in [6.07, 6.45) is 1.44. The van der Waals surface area contributed by atoms with Crippen molar-refractivity contribution in [3.63, 3.8) is 0 Å². The van der Waals surface area contributed by atoms with Crippen LogP contribution in [0, 0.1) is 0 Å². The average Bonchev–Trinajstić information content (AvgIpc) is 2.39. The highest BCUT2D eigenvalue weighted by Crippen LogP contribution is 2.16. The molecule has 106 valence electrons. The fraction of sp³-hybridized carbons (Fsp3) is 0.533. The maximum absolute atomic E-state index is 11.3. The zero-order valence-electron chi connectivity index (χ0n) is 12.4. The van der Waals surface area contributed by atoms with Crippen LogP contribution in [0.3, 0.4) is 0 Å². The van der Waals surface area contributed by atoms with Crippen molar-refractivity contribution in [3.05, 3.63) is 24.3 Å². The topological polar surface area (TPSA) is 35.5 Å². The highest BCUT2D eigenvalue weighted by atomic mass is 28.3. The van der Waals surface area contributed by atoms with E-state index in [2.05, 4.69) is 25.2 Å². The number of methoxy groups -OCH3 is 1. The number of rotatable bonds is 7. The molecule has 0 N–H and O–H groups in total. The molecule has 19 heavy (non-hydrogen) atoms. The summed E-state index contributed by atoms with van der Waals surface area (Å²) in [4.78, 5) is 11.3. The van der Waals surface area contributed by atoms with Gasteiger partial charge in [-0.2, -0.15) is 0 Å². The first kappa shape index (κ1) is 15.8. The van der Waals surface area contributed by atoms with Crippen LogP contribution in [0.15, 0.2) is 24.3 Å². The molecule has 4 heteroatoms. The van der Waals surface area contributed by atoms with Gasteiger partial charge in [-0.15, -0.1) is 0 Å². The van der Waals surface area contributed by atoms with Gasteiger partial charge < -0.3 is 9.47 Å². The molecule has 3 nitrogen and oxygen atoms in total. The van der Waals surface area contributed by atoms with E-state index in [4.69, 9.17) is 9.47 Å². The highest BCUT2D eigenvalue weighted by Gasteiger charge is 2.23. The lowest BCUT2D eigenvalue weighted by molar-refractivity contribution is -0.143. The van der Waals surface area contributed by atoms with Gasteiger partial charge in [0.05, 0.1) is 21.8 Å². The maximum atomic E-state index is 11.3. The van der Waals surface area contributed by atoms with Crippen molar-refractivity contribution in [2.75, 3.05) is 13.7 Å². The van der Waals surface area contributed by atoms with Crippen LogP contribution in [0.4, 0.5) is 0 Å². The highest BCUT2D eigenvalue weighted by molar-refractivity contribution is 6.89. The van der Waals surface area contributed by atoms with E-state index in [0.717, 1.165) is 18.2 Å². The van der Waals surface area contributed by atoms with E-state index in [1.807, 2.05) is 19.1 Å². The van der Waals surface area contributed by atoms with E-state index in [9.17, 15) is 4.79 Å². The van der Waals surface area contributed by atoms with Crippen LogP contribution in [0.25, 0.3) is 0 Å². The van der Waals surface area contributed by atoms with Crippen molar-refractivity contribution in [2.45, 2.75) is 38.9 Å². The Hall–Kier alpha value is -1.29. The first-order valence-corrected chi connectivity index (χ1v) is 10.0. The van der Waals surface area contributed by atoms with Gasteiger partial charge in [0.25, 0.3) is 0 Å². The molecule has 1 aromatic rings. The average molecular weight is 280 g/mol. The van der Waals surface area contributed by atoms with Crippen LogP contribution in [-0.4, -0.2) is 27.8 Å². The van der Waals surface area contributed by atoms with Crippen LogP contribution >= 0.6 is 0 Å². The van der Waals surface area contributed by atoms with Gasteiger partial charge in [-0.05, 0) is 25.5 Å². The third-order valence-electron chi connectivity index (χ3n) is 3.36. The van der Waals surface area contributed by atoms with Gasteiger partial charge in [0.15, 0.2) is 0 Å². The lowest BCUT2D eigenvalue weighted by Crippen LogP contribution is -2.41. The van der Waals surface area contributed by atoms with Gasteiger partial charge >= 0.3 is 5.97 Å². The van der Waals surface area contributed by atoms with E-state index in [1.54, 1.807) is 7.11 Å². The van der Waals surface area contributed by atoms with E-state index in [1.165, 1.54) is 5.19 Å². The van der Waals surface area contributed by atoms with Crippen LogP contribution in [-0.2, 0) is 9.53 Å². The fourth-order valence-corrected chi connectivity index (χ4v) is 4.51. The Labute approximate surface area is 116 Å². The first-order chi connectivity index (χ1) is 8.99. The molecule has 0 saturated heterocycles. The van der Waals surface area contributed by atoms with Gasteiger partial charge in [-0.1, -0.05) is 36.5 Å². The Bertz CT molecular complexity index is 398. The minimum atomic E-state index is -1.47. The molecular weight excluding hydrogens is 256 g/mol. The first-order valence-electron chi connectivity index (χ1n) is 6.79. The summed E-state index contributed by atoms with van der Waals surface area (Å²) in [5, 5.41) is 1.40. The second-order valence-electron chi connectivity index (χ2n) is 5.27. The normalized spacial score (nSPS) is 11.2. The molecule has 0 aliphatic carbocycles. The largest absolute Gasteiger partial charge is 0.497 e. The number of hydrogen-bond acceptors (Lipinski definition) is 3. The summed E-state index contributed by atoms with van der Waals surface area (Å²) < 4.78 is 10.1. The second kappa shape index (κ2) is 7.33. The zero-order chi connectivity index (χ0) is 14.3. The molecule has 0 spiro atoms. The molecule has 0 fully saturated rings. The van der Waals surface area contributed by atoms with Crippen LogP contribution in [0.2, 0.25) is 19.1 Å². The summed E-state index contributed by atoms with van der Waals surface area (Å²) in [5.74, 6) is 0.808. The summed E-state index contributed by atoms with van der Waals surface area (Å²) in [5.41, 5.74) is 0. The molecule has 0 unspecified atom stereocenters. The smallest absolute Gasteiger partial charge is 0.305 e. The van der Waals surface area contributed by atoms with Crippen molar-refractivity contribution in [1.29, 1.82) is 0 Å². The van der Waals surface area contributed by atoms with Gasteiger partial charge in [-0.3, -0.25) is 4.79 Å². The van der Waals surface area contributed by atoms with Crippen molar-refractivity contribution in [1.82, 2.24) is 0 Å². The Balaban J connectivity index is 2.52. The molecular formula is C15H24O3Si. The van der Waals surface area contributed by atoms with Crippen LogP contribution in [0.1, 0.15) is 19.8 Å². The second-order valence-corrected chi connectivity index (χ2v) is 10.1. The molecule has 1 rings (SSSR count). The summed E-state index contributed by atoms with van der Waals surface area (Å²) >= 11 is 0. The lowest BCUT2D eigenvalue weighted by atomic mass is 10.3. The molecule has 0 aliphatic heterocycles. The number of carbonyl (C=O) groups excluding carboxylic acids is 1. The van der Waals surface area contributed by atoms with Gasteiger partial charge in [0.2, 0.25) is 0 Å². The summed E-state index contributed by atoms with van der Waals surface area (Å²) in [7, 11) is 0.209. The van der Waals surface area contributed by atoms with Crippen molar-refractivity contribution in [3.8, 4) is 5.75 Å². The molecule has 0 aromatic heterocycles. The standard InChI is InChI=1S/C15H24O3Si/c1-5-18-15(16)7-6-12-19(3,4)14-10-8-13(17-2)9-11-14/h8-11H,5-7,12H2,1-4H3. The fourth-order valence-electron chi connectivity index (χ4n) is 2.09. The Kier molecular flexibility index (Phi) is 6.08. The van der Waals surface area contributed by atoms with E-state index >= 15 is 0 Å². The van der Waals surface area contributed by atoms with Gasteiger partial charge in [0.1, 0.15) is 5.75 Å². The number of carbonyl (C=O) groups is 1. The minimum absolute atomic E-state index is 0.0815. The van der Waals surface area contributed by atoms with Crippen molar-refractivity contribution >= 4 is 19.2 Å². The van der Waals surface area contributed by atoms with Crippen molar-refractivity contribution in [2.24, 2.45) is 0 Å². The monoisotopic (exact) mass is 280 g/mol. The molecule has 0 heterocycles.